The predicted octanol–water partition coefficient (Wildman–Crippen LogP) is 3.10. The Balaban J connectivity index is 2.04. The average Bonchev–Trinajstić information content (AvgIpc) is 2.47. The Bertz CT molecular complexity index is 683. The zero-order chi connectivity index (χ0) is 17.0. The summed E-state index contributed by atoms with van der Waals surface area (Å²) in [6.45, 7) is 1.26. The van der Waals surface area contributed by atoms with Gasteiger partial charge in [0.2, 0.25) is 0 Å². The van der Waals surface area contributed by atoms with E-state index in [1.54, 1.807) is 0 Å². The first-order chi connectivity index (χ1) is 10.8. The van der Waals surface area contributed by atoms with Crippen LogP contribution in [0.15, 0.2) is 48.5 Å². The molecule has 4 N–H and O–H groups in total. The van der Waals surface area contributed by atoms with Crippen LogP contribution in [0.2, 0.25) is 5.02 Å². The first-order valence-corrected chi connectivity index (χ1v) is 7.72. The molecule has 0 saturated heterocycles. The van der Waals surface area contributed by atoms with Crippen LogP contribution < -0.4 is 5.73 Å². The summed E-state index contributed by atoms with van der Waals surface area (Å²) in [4.78, 5) is 10.9. The van der Waals surface area contributed by atoms with Crippen LogP contribution in [-0.2, 0) is 11.2 Å². The molecule has 23 heavy (non-hydrogen) atoms. The maximum Gasteiger partial charge on any atom is 0.335 e. The minimum Gasteiger partial charge on any atom is -0.479 e. The summed E-state index contributed by atoms with van der Waals surface area (Å²) in [5.74, 6) is -1.26. The Hall–Kier alpha value is -1.88. The number of hydrogen-bond donors (Lipinski definition) is 3. The van der Waals surface area contributed by atoms with Gasteiger partial charge in [-0.05, 0) is 42.2 Å². The van der Waals surface area contributed by atoms with Gasteiger partial charge in [-0.2, -0.15) is 0 Å². The SMILES string of the molecule is C[C@](O)(C[C@H](N)Cc1ccc(-c2cccc(Cl)c2)cc1)C(=O)O. The Morgan fingerprint density at radius 2 is 1.87 bits per heavy atom. The van der Waals surface area contributed by atoms with Crippen molar-refractivity contribution in [3.05, 3.63) is 59.1 Å². The van der Waals surface area contributed by atoms with Gasteiger partial charge in [-0.15, -0.1) is 0 Å². The molecule has 2 atom stereocenters. The molecule has 0 aliphatic rings. The molecular formula is C18H20ClNO3. The first kappa shape index (κ1) is 17.5. The number of benzene rings is 2. The minimum absolute atomic E-state index is 0.00161. The Morgan fingerprint density at radius 1 is 1.22 bits per heavy atom. The molecule has 5 heteroatoms. The van der Waals surface area contributed by atoms with Gasteiger partial charge in [-0.25, -0.2) is 4.79 Å². The zero-order valence-corrected chi connectivity index (χ0v) is 13.6. The largest absolute Gasteiger partial charge is 0.479 e. The Kier molecular flexibility index (Phi) is 5.42. The number of carboxylic acid groups (broad SMARTS) is 1. The Labute approximate surface area is 140 Å². The van der Waals surface area contributed by atoms with Crippen molar-refractivity contribution in [3.63, 3.8) is 0 Å². The molecule has 2 aromatic carbocycles. The van der Waals surface area contributed by atoms with E-state index in [0.29, 0.717) is 11.4 Å². The number of aliphatic carboxylic acids is 1. The fourth-order valence-corrected chi connectivity index (χ4v) is 2.66. The molecule has 0 aliphatic heterocycles. The van der Waals surface area contributed by atoms with Gasteiger partial charge in [0, 0.05) is 17.5 Å². The lowest BCUT2D eigenvalue weighted by molar-refractivity contribution is -0.157. The number of rotatable bonds is 6. The fraction of sp³-hybridized carbons (Fsp3) is 0.278. The van der Waals surface area contributed by atoms with Crippen LogP contribution in [0.3, 0.4) is 0 Å². The monoisotopic (exact) mass is 333 g/mol. The number of hydrogen-bond acceptors (Lipinski definition) is 3. The third-order valence-corrected chi connectivity index (χ3v) is 3.97. The van der Waals surface area contributed by atoms with E-state index in [1.165, 1.54) is 6.92 Å². The van der Waals surface area contributed by atoms with Gasteiger partial charge in [0.05, 0.1) is 0 Å². The number of halogens is 1. The maximum atomic E-state index is 10.9. The van der Waals surface area contributed by atoms with Gasteiger partial charge in [-0.3, -0.25) is 0 Å². The highest BCUT2D eigenvalue weighted by atomic mass is 35.5. The summed E-state index contributed by atoms with van der Waals surface area (Å²) in [5, 5.41) is 19.4. The van der Waals surface area contributed by atoms with Gasteiger partial charge < -0.3 is 15.9 Å². The quantitative estimate of drug-likeness (QED) is 0.758. The molecule has 122 valence electrons. The third-order valence-electron chi connectivity index (χ3n) is 3.73. The molecule has 0 aromatic heterocycles. The lowest BCUT2D eigenvalue weighted by Gasteiger charge is -2.22. The molecular weight excluding hydrogens is 314 g/mol. The van der Waals surface area contributed by atoms with E-state index >= 15 is 0 Å². The molecule has 2 rings (SSSR count). The van der Waals surface area contributed by atoms with Crippen LogP contribution in [-0.4, -0.2) is 27.8 Å². The molecule has 0 spiro atoms. The van der Waals surface area contributed by atoms with Gasteiger partial charge in [-0.1, -0.05) is 48.0 Å². The van der Waals surface area contributed by atoms with E-state index in [0.717, 1.165) is 16.7 Å². The second-order valence-corrected chi connectivity index (χ2v) is 6.39. The molecule has 0 saturated carbocycles. The second kappa shape index (κ2) is 7.13. The molecule has 0 unspecified atom stereocenters. The van der Waals surface area contributed by atoms with Crippen molar-refractivity contribution in [3.8, 4) is 11.1 Å². The van der Waals surface area contributed by atoms with Crippen molar-refractivity contribution < 1.29 is 15.0 Å². The van der Waals surface area contributed by atoms with Crippen LogP contribution >= 0.6 is 11.6 Å². The van der Waals surface area contributed by atoms with E-state index in [-0.39, 0.29) is 6.42 Å². The standard InChI is InChI=1S/C18H20ClNO3/c1-18(23,17(21)22)11-16(20)9-12-5-7-13(8-6-12)14-3-2-4-15(19)10-14/h2-8,10,16,23H,9,11,20H2,1H3,(H,21,22)/t16-,18+/m1/s1. The second-order valence-electron chi connectivity index (χ2n) is 5.95. The molecule has 4 nitrogen and oxygen atoms in total. The van der Waals surface area contributed by atoms with Crippen LogP contribution in [0.5, 0.6) is 0 Å². The highest BCUT2D eigenvalue weighted by molar-refractivity contribution is 6.30. The summed E-state index contributed by atoms with van der Waals surface area (Å²) >= 11 is 5.99. The fourth-order valence-electron chi connectivity index (χ4n) is 2.47. The topological polar surface area (TPSA) is 83.5 Å². The Morgan fingerprint density at radius 3 is 2.43 bits per heavy atom. The molecule has 2 aromatic rings. The molecule has 0 fully saturated rings. The van der Waals surface area contributed by atoms with Gasteiger partial charge in [0.15, 0.2) is 5.60 Å². The predicted molar refractivity (Wildman–Crippen MR) is 91.4 cm³/mol. The number of nitrogens with two attached hydrogens (primary N) is 1. The van der Waals surface area contributed by atoms with E-state index in [1.807, 2.05) is 48.5 Å². The molecule has 0 radical (unpaired) electrons. The number of aliphatic hydroxyl groups is 1. The summed E-state index contributed by atoms with van der Waals surface area (Å²) in [6, 6.07) is 15.0. The van der Waals surface area contributed by atoms with Gasteiger partial charge in [0.25, 0.3) is 0 Å². The molecule has 0 amide bonds. The van der Waals surface area contributed by atoms with Crippen LogP contribution in [0, 0.1) is 0 Å². The highest BCUT2D eigenvalue weighted by Crippen LogP contribution is 2.23. The molecule has 0 bridgehead atoms. The zero-order valence-electron chi connectivity index (χ0n) is 12.9. The normalized spacial score (nSPS) is 15.0. The van der Waals surface area contributed by atoms with Crippen molar-refractivity contribution in [2.75, 3.05) is 0 Å². The van der Waals surface area contributed by atoms with E-state index in [4.69, 9.17) is 22.4 Å². The van der Waals surface area contributed by atoms with Crippen molar-refractivity contribution in [1.29, 1.82) is 0 Å². The van der Waals surface area contributed by atoms with Crippen LogP contribution in [0.25, 0.3) is 11.1 Å². The summed E-state index contributed by atoms with van der Waals surface area (Å²) < 4.78 is 0. The van der Waals surface area contributed by atoms with Crippen molar-refractivity contribution >= 4 is 17.6 Å². The van der Waals surface area contributed by atoms with Crippen LogP contribution in [0.4, 0.5) is 0 Å². The average molecular weight is 334 g/mol. The lowest BCUT2D eigenvalue weighted by Crippen LogP contribution is -2.42. The third kappa shape index (κ3) is 4.79. The number of carboxylic acids is 1. The van der Waals surface area contributed by atoms with Crippen molar-refractivity contribution in [2.24, 2.45) is 5.73 Å². The summed E-state index contributed by atoms with van der Waals surface area (Å²) in [5.41, 5.74) is 7.22. The van der Waals surface area contributed by atoms with E-state index in [2.05, 4.69) is 0 Å². The summed E-state index contributed by atoms with van der Waals surface area (Å²) in [6.07, 6.45) is 0.498. The van der Waals surface area contributed by atoms with Crippen molar-refractivity contribution in [1.82, 2.24) is 0 Å². The molecule has 0 aliphatic carbocycles. The minimum atomic E-state index is -1.81. The van der Waals surface area contributed by atoms with Gasteiger partial charge >= 0.3 is 5.97 Å². The highest BCUT2D eigenvalue weighted by Gasteiger charge is 2.31. The maximum absolute atomic E-state index is 10.9. The first-order valence-electron chi connectivity index (χ1n) is 7.34. The van der Waals surface area contributed by atoms with Gasteiger partial charge in [0.1, 0.15) is 0 Å². The smallest absolute Gasteiger partial charge is 0.335 e. The van der Waals surface area contributed by atoms with E-state index in [9.17, 15) is 9.90 Å². The van der Waals surface area contributed by atoms with E-state index < -0.39 is 17.6 Å². The van der Waals surface area contributed by atoms with Crippen LogP contribution in [0.1, 0.15) is 18.9 Å². The van der Waals surface area contributed by atoms with Crippen molar-refractivity contribution in [2.45, 2.75) is 31.4 Å². The lowest BCUT2D eigenvalue weighted by atomic mass is 9.93. The molecule has 0 heterocycles. The summed E-state index contributed by atoms with van der Waals surface area (Å²) in [7, 11) is 0. The number of carbonyl (C=O) groups is 1.